The second-order valence-corrected chi connectivity index (χ2v) is 4.01. The third kappa shape index (κ3) is 2.71. The molecule has 0 spiro atoms. The van der Waals surface area contributed by atoms with Gasteiger partial charge in [-0.25, -0.2) is 4.79 Å². The molecule has 2 amide bonds. The van der Waals surface area contributed by atoms with Crippen molar-refractivity contribution in [3.05, 3.63) is 17.5 Å². The first kappa shape index (κ1) is 10.0. The first-order chi connectivity index (χ1) is 7.15. The molecule has 1 aromatic rings. The normalized spacial score (nSPS) is 15.1. The summed E-state index contributed by atoms with van der Waals surface area (Å²) in [6, 6.07) is 0.320. The Balaban J connectivity index is 1.81. The number of aryl methyl sites for hydroxylation is 2. The molecule has 1 aromatic heterocycles. The maximum atomic E-state index is 11.3. The molecule has 0 saturated heterocycles. The van der Waals surface area contributed by atoms with Gasteiger partial charge in [-0.3, -0.25) is 4.68 Å². The van der Waals surface area contributed by atoms with Crippen LogP contribution in [0, 0.1) is 6.92 Å². The summed E-state index contributed by atoms with van der Waals surface area (Å²) in [6.45, 7) is 2.48. The van der Waals surface area contributed by atoms with Gasteiger partial charge >= 0.3 is 6.03 Å². The van der Waals surface area contributed by atoms with E-state index in [1.807, 2.05) is 20.2 Å². The van der Waals surface area contributed by atoms with Gasteiger partial charge in [0, 0.05) is 31.4 Å². The molecular formula is C10H16N4O. The number of hydrogen-bond donors (Lipinski definition) is 2. The summed E-state index contributed by atoms with van der Waals surface area (Å²) in [7, 11) is 1.88. The van der Waals surface area contributed by atoms with Gasteiger partial charge in [0.15, 0.2) is 0 Å². The van der Waals surface area contributed by atoms with Gasteiger partial charge in [0.1, 0.15) is 0 Å². The molecule has 2 N–H and O–H groups in total. The highest BCUT2D eigenvalue weighted by Crippen LogP contribution is 2.18. The summed E-state index contributed by atoms with van der Waals surface area (Å²) in [5.74, 6) is 0. The number of hydrogen-bond acceptors (Lipinski definition) is 2. The fourth-order valence-corrected chi connectivity index (χ4v) is 1.46. The van der Waals surface area contributed by atoms with Crippen LogP contribution in [0.5, 0.6) is 0 Å². The fraction of sp³-hybridized carbons (Fsp3) is 0.600. The Hall–Kier alpha value is -1.52. The van der Waals surface area contributed by atoms with Crippen LogP contribution in [0.25, 0.3) is 0 Å². The molecule has 1 aliphatic rings. The molecule has 0 aromatic carbocycles. The van der Waals surface area contributed by atoms with E-state index < -0.39 is 0 Å². The summed E-state index contributed by atoms with van der Waals surface area (Å²) in [6.07, 6.45) is 4.14. The average Bonchev–Trinajstić information content (AvgIpc) is 2.89. The molecule has 2 rings (SSSR count). The van der Waals surface area contributed by atoms with Crippen molar-refractivity contribution in [2.24, 2.45) is 7.05 Å². The molecule has 1 heterocycles. The van der Waals surface area contributed by atoms with Crippen molar-refractivity contribution in [2.75, 3.05) is 0 Å². The second kappa shape index (κ2) is 3.92. The molecule has 1 saturated carbocycles. The predicted octanol–water partition coefficient (Wildman–Crippen LogP) is 0.690. The van der Waals surface area contributed by atoms with Crippen molar-refractivity contribution in [1.82, 2.24) is 20.4 Å². The molecule has 82 valence electrons. The quantitative estimate of drug-likeness (QED) is 0.767. The molecule has 0 aliphatic heterocycles. The van der Waals surface area contributed by atoms with E-state index in [0.717, 1.165) is 24.1 Å². The van der Waals surface area contributed by atoms with Gasteiger partial charge in [0.2, 0.25) is 0 Å². The predicted molar refractivity (Wildman–Crippen MR) is 56.3 cm³/mol. The number of nitrogens with zero attached hydrogens (tertiary/aromatic N) is 2. The molecule has 5 nitrogen and oxygen atoms in total. The molecule has 1 fully saturated rings. The van der Waals surface area contributed by atoms with Gasteiger partial charge in [0.25, 0.3) is 0 Å². The Bertz CT molecular complexity index is 367. The lowest BCUT2D eigenvalue weighted by atomic mass is 10.3. The fourth-order valence-electron chi connectivity index (χ4n) is 1.46. The monoisotopic (exact) mass is 208 g/mol. The Morgan fingerprint density at radius 3 is 2.93 bits per heavy atom. The van der Waals surface area contributed by atoms with E-state index in [2.05, 4.69) is 15.7 Å². The summed E-state index contributed by atoms with van der Waals surface area (Å²) in [5.41, 5.74) is 2.02. The van der Waals surface area contributed by atoms with Gasteiger partial charge in [-0.15, -0.1) is 0 Å². The standard InChI is InChI=1S/C10H16N4O/c1-7-8(6-14(2)13-7)5-11-10(15)12-9-3-4-9/h6,9H,3-5H2,1-2H3,(H2,11,12,15). The highest BCUT2D eigenvalue weighted by molar-refractivity contribution is 5.74. The van der Waals surface area contributed by atoms with Crippen molar-refractivity contribution in [1.29, 1.82) is 0 Å². The van der Waals surface area contributed by atoms with Crippen molar-refractivity contribution in [3.63, 3.8) is 0 Å². The van der Waals surface area contributed by atoms with Crippen LogP contribution in [-0.2, 0) is 13.6 Å². The van der Waals surface area contributed by atoms with E-state index in [1.54, 1.807) is 4.68 Å². The van der Waals surface area contributed by atoms with E-state index in [-0.39, 0.29) is 6.03 Å². The molecule has 15 heavy (non-hydrogen) atoms. The molecule has 0 atom stereocenters. The van der Waals surface area contributed by atoms with Crippen LogP contribution in [0.15, 0.2) is 6.20 Å². The third-order valence-corrected chi connectivity index (χ3v) is 2.47. The maximum absolute atomic E-state index is 11.3. The SMILES string of the molecule is Cc1nn(C)cc1CNC(=O)NC1CC1. The van der Waals surface area contributed by atoms with Crippen molar-refractivity contribution < 1.29 is 4.79 Å². The average molecular weight is 208 g/mol. The van der Waals surface area contributed by atoms with Crippen LogP contribution in [-0.4, -0.2) is 21.9 Å². The van der Waals surface area contributed by atoms with Crippen LogP contribution >= 0.6 is 0 Å². The van der Waals surface area contributed by atoms with Crippen LogP contribution in [0.4, 0.5) is 4.79 Å². The van der Waals surface area contributed by atoms with E-state index in [1.165, 1.54) is 0 Å². The van der Waals surface area contributed by atoms with Gasteiger partial charge < -0.3 is 10.6 Å². The molecular weight excluding hydrogens is 192 g/mol. The maximum Gasteiger partial charge on any atom is 0.315 e. The van der Waals surface area contributed by atoms with Gasteiger partial charge in [-0.2, -0.15) is 5.10 Å². The Morgan fingerprint density at radius 1 is 1.67 bits per heavy atom. The van der Waals surface area contributed by atoms with Crippen molar-refractivity contribution in [3.8, 4) is 0 Å². The van der Waals surface area contributed by atoms with Gasteiger partial charge in [0.05, 0.1) is 5.69 Å². The molecule has 0 bridgehead atoms. The second-order valence-electron chi connectivity index (χ2n) is 4.01. The summed E-state index contributed by atoms with van der Waals surface area (Å²) >= 11 is 0. The van der Waals surface area contributed by atoms with E-state index in [0.29, 0.717) is 12.6 Å². The number of amides is 2. The zero-order valence-corrected chi connectivity index (χ0v) is 9.08. The first-order valence-electron chi connectivity index (χ1n) is 5.18. The zero-order valence-electron chi connectivity index (χ0n) is 9.08. The van der Waals surface area contributed by atoms with Crippen molar-refractivity contribution >= 4 is 6.03 Å². The van der Waals surface area contributed by atoms with Crippen molar-refractivity contribution in [2.45, 2.75) is 32.4 Å². The number of aromatic nitrogens is 2. The topological polar surface area (TPSA) is 59.0 Å². The number of rotatable bonds is 3. The minimum atomic E-state index is -0.0826. The third-order valence-electron chi connectivity index (χ3n) is 2.47. The molecule has 5 heteroatoms. The Kier molecular flexibility index (Phi) is 2.62. The smallest absolute Gasteiger partial charge is 0.315 e. The minimum Gasteiger partial charge on any atom is -0.335 e. The van der Waals surface area contributed by atoms with Gasteiger partial charge in [-0.1, -0.05) is 0 Å². The summed E-state index contributed by atoms with van der Waals surface area (Å²) < 4.78 is 1.76. The number of carbonyl (C=O) groups excluding carboxylic acids is 1. The van der Waals surface area contributed by atoms with Crippen LogP contribution in [0.2, 0.25) is 0 Å². The molecule has 0 unspecified atom stereocenters. The summed E-state index contributed by atoms with van der Waals surface area (Å²) in [4.78, 5) is 11.3. The van der Waals surface area contributed by atoms with Crippen LogP contribution < -0.4 is 10.6 Å². The zero-order chi connectivity index (χ0) is 10.8. The lowest BCUT2D eigenvalue weighted by molar-refractivity contribution is 0.240. The first-order valence-corrected chi connectivity index (χ1v) is 5.18. The number of urea groups is 1. The largest absolute Gasteiger partial charge is 0.335 e. The highest BCUT2D eigenvalue weighted by Gasteiger charge is 2.22. The lowest BCUT2D eigenvalue weighted by Gasteiger charge is -2.05. The van der Waals surface area contributed by atoms with E-state index in [9.17, 15) is 4.79 Å². The lowest BCUT2D eigenvalue weighted by Crippen LogP contribution is -2.36. The van der Waals surface area contributed by atoms with E-state index >= 15 is 0 Å². The Labute approximate surface area is 88.8 Å². The molecule has 0 radical (unpaired) electrons. The molecule has 1 aliphatic carbocycles. The van der Waals surface area contributed by atoms with Crippen LogP contribution in [0.3, 0.4) is 0 Å². The number of nitrogens with one attached hydrogen (secondary N) is 2. The Morgan fingerprint density at radius 2 is 2.40 bits per heavy atom. The highest BCUT2D eigenvalue weighted by atomic mass is 16.2. The van der Waals surface area contributed by atoms with E-state index in [4.69, 9.17) is 0 Å². The minimum absolute atomic E-state index is 0.0826. The number of carbonyl (C=O) groups is 1. The van der Waals surface area contributed by atoms with Gasteiger partial charge in [-0.05, 0) is 19.8 Å². The van der Waals surface area contributed by atoms with Crippen LogP contribution in [0.1, 0.15) is 24.1 Å². The summed E-state index contributed by atoms with van der Waals surface area (Å²) in [5, 5.41) is 9.90.